The number of para-hydroxylation sites is 1. The van der Waals surface area contributed by atoms with Crippen molar-refractivity contribution in [1.29, 1.82) is 0 Å². The van der Waals surface area contributed by atoms with Crippen molar-refractivity contribution in [2.24, 2.45) is 0 Å². The van der Waals surface area contributed by atoms with Gasteiger partial charge in [-0.2, -0.15) is 0 Å². The fourth-order valence-electron chi connectivity index (χ4n) is 2.47. The van der Waals surface area contributed by atoms with Gasteiger partial charge in [0.15, 0.2) is 0 Å². The molecule has 6 nitrogen and oxygen atoms in total. The SMILES string of the molecule is COc1ccccc1-c1cccc(C(=O)N[C@@H](C)c2nnc(N)s2)c1. The first-order chi connectivity index (χ1) is 12.1. The molecule has 3 rings (SSSR count). The van der Waals surface area contributed by atoms with Crippen molar-refractivity contribution in [3.63, 3.8) is 0 Å². The summed E-state index contributed by atoms with van der Waals surface area (Å²) in [4.78, 5) is 12.6. The number of hydrogen-bond acceptors (Lipinski definition) is 6. The van der Waals surface area contributed by atoms with E-state index in [-0.39, 0.29) is 11.9 Å². The van der Waals surface area contributed by atoms with E-state index >= 15 is 0 Å². The lowest BCUT2D eigenvalue weighted by Gasteiger charge is -2.12. The van der Waals surface area contributed by atoms with Crippen LogP contribution in [0.25, 0.3) is 11.1 Å². The van der Waals surface area contributed by atoms with Gasteiger partial charge in [0, 0.05) is 11.1 Å². The first-order valence-corrected chi connectivity index (χ1v) is 8.53. The topological polar surface area (TPSA) is 90.1 Å². The van der Waals surface area contributed by atoms with Crippen molar-refractivity contribution in [3.05, 3.63) is 59.1 Å². The zero-order valence-corrected chi connectivity index (χ0v) is 14.7. The molecule has 3 N–H and O–H groups in total. The zero-order valence-electron chi connectivity index (χ0n) is 13.9. The molecule has 128 valence electrons. The Hall–Kier alpha value is -2.93. The smallest absolute Gasteiger partial charge is 0.251 e. The summed E-state index contributed by atoms with van der Waals surface area (Å²) < 4.78 is 5.40. The monoisotopic (exact) mass is 354 g/mol. The van der Waals surface area contributed by atoms with Crippen molar-refractivity contribution >= 4 is 22.4 Å². The minimum atomic E-state index is -0.266. The van der Waals surface area contributed by atoms with E-state index in [1.54, 1.807) is 13.2 Å². The second-order valence-corrected chi connectivity index (χ2v) is 6.50. The van der Waals surface area contributed by atoms with Crippen molar-refractivity contribution in [1.82, 2.24) is 15.5 Å². The van der Waals surface area contributed by atoms with Gasteiger partial charge in [0.1, 0.15) is 10.8 Å². The Bertz CT molecular complexity index is 894. The Balaban J connectivity index is 1.82. The van der Waals surface area contributed by atoms with Gasteiger partial charge in [0.2, 0.25) is 5.13 Å². The van der Waals surface area contributed by atoms with Gasteiger partial charge in [-0.15, -0.1) is 10.2 Å². The third-order valence-corrected chi connectivity index (χ3v) is 4.65. The van der Waals surface area contributed by atoms with Crippen molar-refractivity contribution in [2.75, 3.05) is 12.8 Å². The van der Waals surface area contributed by atoms with Crippen LogP contribution in [0, 0.1) is 0 Å². The first-order valence-electron chi connectivity index (χ1n) is 7.71. The number of ether oxygens (including phenoxy) is 1. The number of amides is 1. The van der Waals surface area contributed by atoms with E-state index in [4.69, 9.17) is 10.5 Å². The molecule has 0 saturated carbocycles. The largest absolute Gasteiger partial charge is 0.496 e. The molecule has 0 spiro atoms. The molecule has 0 radical (unpaired) electrons. The van der Waals surface area contributed by atoms with Crippen LogP contribution < -0.4 is 15.8 Å². The molecule has 0 unspecified atom stereocenters. The first kappa shape index (κ1) is 16.9. The third-order valence-electron chi connectivity index (χ3n) is 3.72. The summed E-state index contributed by atoms with van der Waals surface area (Å²) in [6, 6.07) is 14.8. The fraction of sp³-hybridized carbons (Fsp3) is 0.167. The van der Waals surface area contributed by atoms with E-state index in [0.717, 1.165) is 16.9 Å². The highest BCUT2D eigenvalue weighted by Gasteiger charge is 2.16. The Morgan fingerprint density at radius 1 is 1.20 bits per heavy atom. The maximum atomic E-state index is 12.6. The van der Waals surface area contributed by atoms with Crippen molar-refractivity contribution in [2.45, 2.75) is 13.0 Å². The van der Waals surface area contributed by atoms with E-state index in [0.29, 0.717) is 15.7 Å². The molecule has 0 fully saturated rings. The molecule has 1 atom stereocenters. The van der Waals surface area contributed by atoms with Crippen molar-refractivity contribution in [3.8, 4) is 16.9 Å². The van der Waals surface area contributed by atoms with E-state index < -0.39 is 0 Å². The van der Waals surface area contributed by atoms with Gasteiger partial charge < -0.3 is 15.8 Å². The Kier molecular flexibility index (Phi) is 4.95. The number of anilines is 1. The molecule has 25 heavy (non-hydrogen) atoms. The summed E-state index contributed by atoms with van der Waals surface area (Å²) in [6.07, 6.45) is 0. The molecule has 3 aromatic rings. The average molecular weight is 354 g/mol. The highest BCUT2D eigenvalue weighted by atomic mass is 32.1. The van der Waals surface area contributed by atoms with Crippen LogP contribution >= 0.6 is 11.3 Å². The number of nitrogen functional groups attached to an aromatic ring is 1. The Morgan fingerprint density at radius 3 is 2.72 bits per heavy atom. The normalized spacial score (nSPS) is 11.8. The standard InChI is InChI=1S/C18H18N4O2S/c1-11(17-21-22-18(19)25-17)20-16(23)13-7-5-6-12(10-13)14-8-3-4-9-15(14)24-2/h3-11H,1-2H3,(H2,19,22)(H,20,23)/t11-/m0/s1. The van der Waals surface area contributed by atoms with Crippen LogP contribution in [0.15, 0.2) is 48.5 Å². The molecule has 0 bridgehead atoms. The second-order valence-electron chi connectivity index (χ2n) is 5.45. The highest BCUT2D eigenvalue weighted by molar-refractivity contribution is 7.15. The van der Waals surface area contributed by atoms with E-state index in [1.165, 1.54) is 11.3 Å². The minimum Gasteiger partial charge on any atom is -0.496 e. The molecule has 0 aliphatic carbocycles. The maximum absolute atomic E-state index is 12.6. The van der Waals surface area contributed by atoms with Gasteiger partial charge in [-0.3, -0.25) is 4.79 Å². The molecule has 7 heteroatoms. The summed E-state index contributed by atoms with van der Waals surface area (Å²) in [5.41, 5.74) is 8.00. The molecule has 1 amide bonds. The highest BCUT2D eigenvalue weighted by Crippen LogP contribution is 2.30. The Morgan fingerprint density at radius 2 is 2.00 bits per heavy atom. The van der Waals surface area contributed by atoms with Crippen LogP contribution in [0.4, 0.5) is 5.13 Å². The van der Waals surface area contributed by atoms with Gasteiger partial charge in [-0.1, -0.05) is 41.7 Å². The number of benzene rings is 2. The van der Waals surface area contributed by atoms with Crippen LogP contribution in [0.2, 0.25) is 0 Å². The maximum Gasteiger partial charge on any atom is 0.251 e. The van der Waals surface area contributed by atoms with Gasteiger partial charge in [0.05, 0.1) is 13.2 Å². The predicted octanol–water partition coefficient (Wildman–Crippen LogP) is 3.29. The molecule has 0 aliphatic rings. The van der Waals surface area contributed by atoms with E-state index in [1.807, 2.05) is 49.4 Å². The molecule has 1 heterocycles. The zero-order chi connectivity index (χ0) is 17.8. The third kappa shape index (κ3) is 3.77. The quantitative estimate of drug-likeness (QED) is 0.734. The van der Waals surface area contributed by atoms with Gasteiger partial charge in [-0.25, -0.2) is 0 Å². The summed E-state index contributed by atoms with van der Waals surface area (Å²) in [5, 5.41) is 11.7. The number of nitrogens with two attached hydrogens (primary N) is 1. The molecule has 0 saturated heterocycles. The average Bonchev–Trinajstić information content (AvgIpc) is 3.08. The summed E-state index contributed by atoms with van der Waals surface area (Å²) in [5.74, 6) is 0.579. The number of nitrogens with one attached hydrogen (secondary N) is 1. The number of methoxy groups -OCH3 is 1. The second kappa shape index (κ2) is 7.31. The van der Waals surface area contributed by atoms with Crippen LogP contribution in [-0.4, -0.2) is 23.2 Å². The minimum absolute atomic E-state index is 0.182. The predicted molar refractivity (Wildman–Crippen MR) is 98.6 cm³/mol. The molecule has 0 aliphatic heterocycles. The summed E-state index contributed by atoms with van der Waals surface area (Å²) in [6.45, 7) is 1.85. The lowest BCUT2D eigenvalue weighted by molar-refractivity contribution is 0.0939. The fourth-order valence-corrected chi connectivity index (χ4v) is 3.09. The Labute approximate surface area is 149 Å². The van der Waals surface area contributed by atoms with Crippen LogP contribution in [0.1, 0.15) is 28.3 Å². The number of carbonyl (C=O) groups excluding carboxylic acids is 1. The molecule has 2 aromatic carbocycles. The van der Waals surface area contributed by atoms with Crippen LogP contribution in [0.5, 0.6) is 5.75 Å². The molecular formula is C18H18N4O2S. The summed E-state index contributed by atoms with van der Waals surface area (Å²) >= 11 is 1.26. The lowest BCUT2D eigenvalue weighted by atomic mass is 10.0. The van der Waals surface area contributed by atoms with E-state index in [9.17, 15) is 4.79 Å². The van der Waals surface area contributed by atoms with E-state index in [2.05, 4.69) is 15.5 Å². The number of aromatic nitrogens is 2. The molecular weight excluding hydrogens is 336 g/mol. The number of hydrogen-bond donors (Lipinski definition) is 2. The number of rotatable bonds is 5. The number of carbonyl (C=O) groups is 1. The van der Waals surface area contributed by atoms with Crippen LogP contribution in [0.3, 0.4) is 0 Å². The van der Waals surface area contributed by atoms with Gasteiger partial charge >= 0.3 is 0 Å². The van der Waals surface area contributed by atoms with Crippen LogP contribution in [-0.2, 0) is 0 Å². The van der Waals surface area contributed by atoms with Crippen molar-refractivity contribution < 1.29 is 9.53 Å². The number of nitrogens with zero attached hydrogens (tertiary/aromatic N) is 2. The van der Waals surface area contributed by atoms with Gasteiger partial charge in [0.25, 0.3) is 5.91 Å². The lowest BCUT2D eigenvalue weighted by Crippen LogP contribution is -2.26. The molecule has 1 aromatic heterocycles. The summed E-state index contributed by atoms with van der Waals surface area (Å²) in [7, 11) is 1.63. The van der Waals surface area contributed by atoms with Gasteiger partial charge in [-0.05, 0) is 30.7 Å².